The average Bonchev–Trinajstić information content (AvgIpc) is 2.96. The third-order valence-corrected chi connectivity index (χ3v) is 7.82. The van der Waals surface area contributed by atoms with Gasteiger partial charge in [-0.2, -0.15) is 0 Å². The molecule has 218 valence electrons. The molecule has 0 atom stereocenters. The molecule has 1 saturated heterocycles. The Morgan fingerprint density at radius 2 is 1.60 bits per heavy atom. The zero-order chi connectivity index (χ0) is 29.3. The van der Waals surface area contributed by atoms with Crippen LogP contribution in [-0.4, -0.2) is 63.9 Å². The van der Waals surface area contributed by atoms with Crippen molar-refractivity contribution in [2.24, 2.45) is 0 Å². The molecule has 0 spiro atoms. The predicted molar refractivity (Wildman–Crippen MR) is 170 cm³/mol. The van der Waals surface area contributed by atoms with E-state index in [-0.39, 0.29) is 5.91 Å². The van der Waals surface area contributed by atoms with E-state index < -0.39 is 0 Å². The van der Waals surface area contributed by atoms with E-state index in [0.29, 0.717) is 17.2 Å². The Bertz CT molecular complexity index is 1450. The van der Waals surface area contributed by atoms with Gasteiger partial charge in [0.25, 0.3) is 5.91 Å². The van der Waals surface area contributed by atoms with Crippen LogP contribution in [0.4, 0.5) is 17.3 Å². The molecule has 2 fully saturated rings. The molecular formula is C34H41N7O. The molecule has 0 unspecified atom stereocenters. The van der Waals surface area contributed by atoms with E-state index in [9.17, 15) is 4.79 Å². The van der Waals surface area contributed by atoms with Gasteiger partial charge < -0.3 is 15.5 Å². The van der Waals surface area contributed by atoms with Crippen molar-refractivity contribution in [3.05, 3.63) is 95.4 Å². The van der Waals surface area contributed by atoms with Gasteiger partial charge in [0.2, 0.25) is 5.95 Å². The number of hydrogen-bond acceptors (Lipinski definition) is 7. The summed E-state index contributed by atoms with van der Waals surface area (Å²) in [4.78, 5) is 31.1. The lowest BCUT2D eigenvalue weighted by molar-refractivity contribution is 0.102. The topological polar surface area (TPSA) is 86.3 Å². The van der Waals surface area contributed by atoms with Crippen molar-refractivity contribution in [2.45, 2.75) is 46.1 Å². The summed E-state index contributed by atoms with van der Waals surface area (Å²) in [6.07, 6.45) is 9.53. The number of rotatable bonds is 7. The lowest BCUT2D eigenvalue weighted by Gasteiger charge is -2.32. The maximum atomic E-state index is 13.0. The summed E-state index contributed by atoms with van der Waals surface area (Å²) in [5.41, 5.74) is 7.05. The number of nitrogens with zero attached hydrogens (tertiary/aromatic N) is 5. The number of piperazine rings is 1. The minimum absolute atomic E-state index is 0.143. The molecule has 3 heterocycles. The van der Waals surface area contributed by atoms with Gasteiger partial charge >= 0.3 is 0 Å². The maximum Gasteiger partial charge on any atom is 0.255 e. The Labute approximate surface area is 249 Å². The molecule has 1 saturated carbocycles. The average molecular weight is 564 g/mol. The number of carbonyl (C=O) groups excluding carboxylic acids is 1. The number of amides is 1. The van der Waals surface area contributed by atoms with Crippen molar-refractivity contribution in [3.8, 4) is 11.3 Å². The molecule has 6 rings (SSSR count). The quantitative estimate of drug-likeness (QED) is 0.267. The van der Waals surface area contributed by atoms with Gasteiger partial charge in [0.1, 0.15) is 0 Å². The molecule has 4 aromatic rings. The van der Waals surface area contributed by atoms with E-state index in [0.717, 1.165) is 60.9 Å². The first-order valence-corrected chi connectivity index (χ1v) is 14.9. The number of aryl methyl sites for hydroxylation is 2. The van der Waals surface area contributed by atoms with Crippen molar-refractivity contribution in [2.75, 3.05) is 43.9 Å². The first-order chi connectivity index (χ1) is 20.4. The van der Waals surface area contributed by atoms with Crippen LogP contribution in [0.15, 0.2) is 73.1 Å². The molecule has 0 bridgehead atoms. The first kappa shape index (κ1) is 29.4. The molecular weight excluding hydrogens is 522 g/mol. The van der Waals surface area contributed by atoms with Gasteiger partial charge in [0.15, 0.2) is 0 Å². The zero-order valence-electron chi connectivity index (χ0n) is 24.9. The van der Waals surface area contributed by atoms with Gasteiger partial charge in [0.05, 0.1) is 5.69 Å². The van der Waals surface area contributed by atoms with Gasteiger partial charge in [-0.3, -0.25) is 14.7 Å². The number of nitrogens with one attached hydrogen (secondary N) is 2. The highest BCUT2D eigenvalue weighted by Crippen LogP contribution is 2.25. The Kier molecular flexibility index (Phi) is 9.90. The zero-order valence-corrected chi connectivity index (χ0v) is 24.9. The normalized spacial score (nSPS) is 15.2. The van der Waals surface area contributed by atoms with Crippen molar-refractivity contribution in [1.82, 2.24) is 24.8 Å². The Hall–Kier alpha value is -4.14. The molecule has 8 heteroatoms. The lowest BCUT2D eigenvalue weighted by atomic mass is 10.0. The van der Waals surface area contributed by atoms with E-state index in [1.807, 2.05) is 80.7 Å². The fourth-order valence-corrected chi connectivity index (χ4v) is 4.63. The predicted octanol–water partition coefficient (Wildman–Crippen LogP) is 6.46. The lowest BCUT2D eigenvalue weighted by Crippen LogP contribution is -2.43. The van der Waals surface area contributed by atoms with Crippen molar-refractivity contribution < 1.29 is 4.79 Å². The van der Waals surface area contributed by atoms with Crippen LogP contribution < -0.4 is 10.6 Å². The van der Waals surface area contributed by atoms with Gasteiger partial charge in [-0.25, -0.2) is 9.97 Å². The number of hydrogen-bond donors (Lipinski definition) is 2. The van der Waals surface area contributed by atoms with Crippen LogP contribution in [0, 0.1) is 13.8 Å². The minimum atomic E-state index is -0.143. The molecule has 1 aliphatic heterocycles. The summed E-state index contributed by atoms with van der Waals surface area (Å²) >= 11 is 0. The molecule has 2 aliphatic rings. The molecule has 0 radical (unpaired) electrons. The van der Waals surface area contributed by atoms with E-state index in [4.69, 9.17) is 0 Å². The van der Waals surface area contributed by atoms with Gasteiger partial charge in [0, 0.05) is 73.3 Å². The standard InChI is InChI=1S/C30H33N7O.C4H8/c1-21-4-11-26(18-28(21)35-30-31-13-12-27(34-30)25-8-5-22(2)32-19-25)33-29(38)24-9-6-23(7-10-24)20-37-16-14-36(3)15-17-37;1-2-4-3-1/h4-13,18-19H,14-17,20H2,1-3H3,(H,33,38)(H,31,34,35);1-4H2. The van der Waals surface area contributed by atoms with Crippen LogP contribution in [-0.2, 0) is 6.54 Å². The third kappa shape index (κ3) is 8.21. The third-order valence-electron chi connectivity index (χ3n) is 7.82. The fraction of sp³-hybridized carbons (Fsp3) is 0.353. The van der Waals surface area contributed by atoms with Crippen molar-refractivity contribution >= 4 is 23.2 Å². The van der Waals surface area contributed by atoms with Crippen LogP contribution in [0.5, 0.6) is 0 Å². The fourth-order valence-electron chi connectivity index (χ4n) is 4.63. The summed E-state index contributed by atoms with van der Waals surface area (Å²) < 4.78 is 0. The number of aromatic nitrogens is 3. The van der Waals surface area contributed by atoms with Crippen molar-refractivity contribution in [3.63, 3.8) is 0 Å². The molecule has 1 aliphatic carbocycles. The summed E-state index contributed by atoms with van der Waals surface area (Å²) in [6.45, 7) is 9.19. The second-order valence-corrected chi connectivity index (χ2v) is 11.3. The molecule has 42 heavy (non-hydrogen) atoms. The van der Waals surface area contributed by atoms with Crippen LogP contribution in [0.2, 0.25) is 0 Å². The smallest absolute Gasteiger partial charge is 0.255 e. The summed E-state index contributed by atoms with van der Waals surface area (Å²) in [6, 6.07) is 19.5. The summed E-state index contributed by atoms with van der Waals surface area (Å²) in [7, 11) is 2.16. The molecule has 2 aromatic heterocycles. The number of pyridine rings is 1. The number of carbonyl (C=O) groups is 1. The van der Waals surface area contributed by atoms with Gasteiger partial charge in [-0.1, -0.05) is 43.9 Å². The largest absolute Gasteiger partial charge is 0.324 e. The molecule has 1 amide bonds. The molecule has 2 aromatic carbocycles. The number of anilines is 3. The number of benzene rings is 2. The Morgan fingerprint density at radius 1 is 0.857 bits per heavy atom. The van der Waals surface area contributed by atoms with E-state index >= 15 is 0 Å². The first-order valence-electron chi connectivity index (χ1n) is 14.9. The summed E-state index contributed by atoms with van der Waals surface area (Å²) in [5, 5.41) is 6.31. The SMILES string of the molecule is C1CCC1.Cc1ccc(-c2ccnc(Nc3cc(NC(=O)c4ccc(CN5CCN(C)CC5)cc4)ccc3C)n2)cn1. The van der Waals surface area contributed by atoms with Gasteiger partial charge in [-0.15, -0.1) is 0 Å². The minimum Gasteiger partial charge on any atom is -0.324 e. The Morgan fingerprint density at radius 3 is 2.26 bits per heavy atom. The second kappa shape index (κ2) is 14.2. The monoisotopic (exact) mass is 563 g/mol. The van der Waals surface area contributed by atoms with Crippen LogP contribution in [0.25, 0.3) is 11.3 Å². The van der Waals surface area contributed by atoms with Crippen molar-refractivity contribution in [1.29, 1.82) is 0 Å². The Balaban J connectivity index is 0.000000813. The summed E-state index contributed by atoms with van der Waals surface area (Å²) in [5.74, 6) is 0.335. The second-order valence-electron chi connectivity index (χ2n) is 11.3. The van der Waals surface area contributed by atoms with Crippen LogP contribution in [0.3, 0.4) is 0 Å². The highest BCUT2D eigenvalue weighted by molar-refractivity contribution is 6.04. The molecule has 2 N–H and O–H groups in total. The van der Waals surface area contributed by atoms with Gasteiger partial charge in [-0.05, 0) is 74.5 Å². The van der Waals surface area contributed by atoms with E-state index in [1.54, 1.807) is 6.20 Å². The number of likely N-dealkylation sites (N-methyl/N-ethyl adjacent to an activating group) is 1. The molecule has 8 nitrogen and oxygen atoms in total. The van der Waals surface area contributed by atoms with E-state index in [1.165, 1.54) is 31.2 Å². The highest BCUT2D eigenvalue weighted by atomic mass is 16.1. The maximum absolute atomic E-state index is 13.0. The highest BCUT2D eigenvalue weighted by Gasteiger charge is 2.14. The van der Waals surface area contributed by atoms with E-state index in [2.05, 4.69) is 42.4 Å². The van der Waals surface area contributed by atoms with Crippen LogP contribution in [0.1, 0.15) is 52.9 Å². The van der Waals surface area contributed by atoms with Crippen LogP contribution >= 0.6 is 0 Å².